The molecule has 0 saturated carbocycles. The van der Waals surface area contributed by atoms with Crippen LogP contribution in [0.25, 0.3) is 66.5 Å². The Morgan fingerprint density at radius 1 is 0.689 bits per heavy atom. The number of pyridine rings is 2. The lowest BCUT2D eigenvalue weighted by atomic mass is 9.88. The summed E-state index contributed by atoms with van der Waals surface area (Å²) in [6.45, 7) is 8.76. The summed E-state index contributed by atoms with van der Waals surface area (Å²) in [6, 6.07) is 40.4. The number of para-hydroxylation sites is 2. The molecule has 0 unspecified atom stereocenters. The summed E-state index contributed by atoms with van der Waals surface area (Å²) in [6.07, 6.45) is 1.87. The fourth-order valence-corrected chi connectivity index (χ4v) is 6.70. The number of nitrogens with zero attached hydrogens (tertiary/aromatic N) is 5. The molecule has 4 aromatic heterocycles. The van der Waals surface area contributed by atoms with Crippen molar-refractivity contribution in [2.45, 2.75) is 33.1 Å². The Hall–Kier alpha value is -5.73. The third kappa shape index (κ3) is 4.07. The molecule has 8 rings (SSSR count). The van der Waals surface area contributed by atoms with Gasteiger partial charge in [0.15, 0.2) is 5.65 Å². The number of fused-ring (bicyclic) bond motifs is 6. The second-order valence-electron chi connectivity index (χ2n) is 12.7. The predicted molar refractivity (Wildman–Crippen MR) is 184 cm³/mol. The van der Waals surface area contributed by atoms with Crippen LogP contribution in [0.15, 0.2) is 115 Å². The normalized spacial score (nSPS) is 12.0. The molecular weight excluding hydrogens is 550 g/mol. The van der Waals surface area contributed by atoms with Crippen LogP contribution in [0.3, 0.4) is 0 Å². The number of benzene rings is 4. The van der Waals surface area contributed by atoms with Crippen molar-refractivity contribution in [3.63, 3.8) is 0 Å². The molecule has 5 heteroatoms. The molecule has 5 nitrogen and oxygen atoms in total. The smallest absolute Gasteiger partial charge is 0.150 e. The highest BCUT2D eigenvalue weighted by Gasteiger charge is 2.25. The van der Waals surface area contributed by atoms with Gasteiger partial charge in [-0.05, 0) is 71.0 Å². The van der Waals surface area contributed by atoms with Gasteiger partial charge in [-0.25, -0.2) is 9.97 Å². The fraction of sp³-hybridized carbons (Fsp3) is 0.125. The van der Waals surface area contributed by atoms with Gasteiger partial charge in [0.1, 0.15) is 17.5 Å². The monoisotopic (exact) mass is 581 g/mol. The van der Waals surface area contributed by atoms with Gasteiger partial charge < -0.3 is 0 Å². The maximum Gasteiger partial charge on any atom is 0.150 e. The van der Waals surface area contributed by atoms with Gasteiger partial charge >= 0.3 is 0 Å². The lowest BCUT2D eigenvalue weighted by Crippen LogP contribution is -2.12. The first-order chi connectivity index (χ1) is 21.8. The van der Waals surface area contributed by atoms with Crippen LogP contribution in [0.2, 0.25) is 0 Å². The highest BCUT2D eigenvalue weighted by atomic mass is 15.1. The summed E-state index contributed by atoms with van der Waals surface area (Å²) < 4.78 is 4.32. The number of aryl methyl sites for hydroxylation is 1. The molecule has 0 fully saturated rings. The zero-order chi connectivity index (χ0) is 30.9. The first kappa shape index (κ1) is 26.9. The predicted octanol–water partition coefficient (Wildman–Crippen LogP) is 9.82. The maximum absolute atomic E-state index is 10.9. The van der Waals surface area contributed by atoms with Gasteiger partial charge in [0.2, 0.25) is 0 Å². The zero-order valence-corrected chi connectivity index (χ0v) is 25.7. The van der Waals surface area contributed by atoms with E-state index in [0.717, 1.165) is 60.9 Å². The molecule has 0 saturated heterocycles. The highest BCUT2D eigenvalue weighted by molar-refractivity contribution is 6.20. The van der Waals surface area contributed by atoms with Crippen LogP contribution in [0.1, 0.15) is 37.5 Å². The second kappa shape index (κ2) is 9.90. The lowest BCUT2D eigenvalue weighted by Gasteiger charge is -2.19. The average Bonchev–Trinajstić information content (AvgIpc) is 3.56. The second-order valence-corrected chi connectivity index (χ2v) is 12.7. The Bertz CT molecular complexity index is 2500. The van der Waals surface area contributed by atoms with Crippen LogP contribution in [-0.4, -0.2) is 19.1 Å². The van der Waals surface area contributed by atoms with Crippen LogP contribution in [-0.2, 0) is 5.41 Å². The van der Waals surface area contributed by atoms with Crippen molar-refractivity contribution in [2.75, 3.05) is 0 Å². The van der Waals surface area contributed by atoms with E-state index in [1.807, 2.05) is 30.5 Å². The minimum atomic E-state index is -0.0521. The van der Waals surface area contributed by atoms with Crippen LogP contribution >= 0.6 is 0 Å². The Labute approximate surface area is 261 Å². The summed E-state index contributed by atoms with van der Waals surface area (Å²) in [5, 5.41) is 14.6. The molecule has 0 atom stereocenters. The SMILES string of the molecule is Cc1ccccc1-c1cccc(-n2c3ccccc3c3c(C#N)c4c5ccccc5n(-c5cc(C(C)(C)C)ccn5)c4nc32)c1. The first-order valence-corrected chi connectivity index (χ1v) is 15.2. The van der Waals surface area contributed by atoms with Crippen molar-refractivity contribution in [2.24, 2.45) is 0 Å². The standard InChI is InChI=1S/C40H31N5/c1-25-12-5-6-15-29(25)26-13-11-14-28(22-26)44-33-18-9-7-16-30(33)36-32(24-41)37-31-17-8-10-19-34(31)45(39(37)43-38(36)44)35-23-27(20-21-42-35)40(2,3)4/h5-23H,1-4H3. The van der Waals surface area contributed by atoms with Crippen LogP contribution in [0, 0.1) is 18.3 Å². The third-order valence-electron chi connectivity index (χ3n) is 8.92. The van der Waals surface area contributed by atoms with E-state index in [2.05, 4.69) is 128 Å². The summed E-state index contributed by atoms with van der Waals surface area (Å²) >= 11 is 0. The quantitative estimate of drug-likeness (QED) is 0.209. The van der Waals surface area contributed by atoms with Gasteiger partial charge in [0.25, 0.3) is 0 Å². The molecule has 4 heterocycles. The van der Waals surface area contributed by atoms with Gasteiger partial charge in [-0.1, -0.05) is 93.6 Å². The fourth-order valence-electron chi connectivity index (χ4n) is 6.70. The lowest BCUT2D eigenvalue weighted by molar-refractivity contribution is 0.588. The molecule has 0 aliphatic carbocycles. The first-order valence-electron chi connectivity index (χ1n) is 15.2. The van der Waals surface area contributed by atoms with E-state index in [-0.39, 0.29) is 5.41 Å². The zero-order valence-electron chi connectivity index (χ0n) is 25.7. The summed E-state index contributed by atoms with van der Waals surface area (Å²) in [5.74, 6) is 0.786. The minimum Gasteiger partial charge on any atom is -0.294 e. The van der Waals surface area contributed by atoms with Gasteiger partial charge in [-0.15, -0.1) is 0 Å². The molecule has 0 radical (unpaired) electrons. The molecule has 0 N–H and O–H groups in total. The Kier molecular flexibility index (Phi) is 5.91. The van der Waals surface area contributed by atoms with Crippen LogP contribution < -0.4 is 0 Å². The van der Waals surface area contributed by atoms with Crippen molar-refractivity contribution in [1.82, 2.24) is 19.1 Å². The molecule has 0 bridgehead atoms. The summed E-state index contributed by atoms with van der Waals surface area (Å²) in [4.78, 5) is 10.3. The summed E-state index contributed by atoms with van der Waals surface area (Å²) in [7, 11) is 0. The van der Waals surface area contributed by atoms with E-state index < -0.39 is 0 Å². The van der Waals surface area contributed by atoms with Gasteiger partial charge in [-0.2, -0.15) is 5.26 Å². The van der Waals surface area contributed by atoms with Crippen molar-refractivity contribution in [3.8, 4) is 28.7 Å². The van der Waals surface area contributed by atoms with E-state index in [9.17, 15) is 5.26 Å². The topological polar surface area (TPSA) is 59.4 Å². The van der Waals surface area contributed by atoms with Crippen molar-refractivity contribution in [1.29, 1.82) is 5.26 Å². The molecule has 8 aromatic rings. The third-order valence-corrected chi connectivity index (χ3v) is 8.92. The van der Waals surface area contributed by atoms with Crippen molar-refractivity contribution >= 4 is 43.9 Å². The van der Waals surface area contributed by atoms with E-state index in [4.69, 9.17) is 9.97 Å². The Morgan fingerprint density at radius 2 is 1.33 bits per heavy atom. The van der Waals surface area contributed by atoms with Crippen LogP contribution in [0.5, 0.6) is 0 Å². The van der Waals surface area contributed by atoms with Crippen molar-refractivity contribution < 1.29 is 0 Å². The average molecular weight is 582 g/mol. The van der Waals surface area contributed by atoms with Gasteiger partial charge in [0.05, 0.1) is 16.6 Å². The van der Waals surface area contributed by atoms with Gasteiger partial charge in [-0.3, -0.25) is 9.13 Å². The Balaban J connectivity index is 1.52. The largest absolute Gasteiger partial charge is 0.294 e. The van der Waals surface area contributed by atoms with Crippen molar-refractivity contribution in [3.05, 3.63) is 132 Å². The molecular formula is C40H31N5. The van der Waals surface area contributed by atoms with E-state index in [0.29, 0.717) is 5.56 Å². The Morgan fingerprint density at radius 3 is 2.02 bits per heavy atom. The van der Waals surface area contributed by atoms with E-state index in [1.54, 1.807) is 0 Å². The number of hydrogen-bond donors (Lipinski definition) is 0. The van der Waals surface area contributed by atoms with E-state index in [1.165, 1.54) is 16.7 Å². The molecule has 216 valence electrons. The van der Waals surface area contributed by atoms with Gasteiger partial charge in [0, 0.05) is 33.4 Å². The van der Waals surface area contributed by atoms with Crippen LogP contribution in [0.4, 0.5) is 0 Å². The molecule has 0 aliphatic heterocycles. The highest BCUT2D eigenvalue weighted by Crippen LogP contribution is 2.41. The molecule has 0 amide bonds. The maximum atomic E-state index is 10.9. The molecule has 45 heavy (non-hydrogen) atoms. The number of nitriles is 1. The number of aromatic nitrogens is 4. The minimum absolute atomic E-state index is 0.0521. The molecule has 4 aromatic carbocycles. The number of rotatable bonds is 3. The molecule has 0 spiro atoms. The number of hydrogen-bond acceptors (Lipinski definition) is 3. The summed E-state index contributed by atoms with van der Waals surface area (Å²) in [5.41, 5.74) is 9.75. The molecule has 0 aliphatic rings. The van der Waals surface area contributed by atoms with E-state index >= 15 is 0 Å².